The lowest BCUT2D eigenvalue weighted by Gasteiger charge is -1.93. The number of ether oxygens (including phenoxy) is 1. The third-order valence-electron chi connectivity index (χ3n) is 1.61. The Labute approximate surface area is 36.5 Å². The Kier molecular flexibility index (Phi) is 0.265. The van der Waals surface area contributed by atoms with Gasteiger partial charge in [-0.15, -0.1) is 0 Å². The Balaban J connectivity index is 2.10. The van der Waals surface area contributed by atoms with E-state index in [2.05, 4.69) is 5.32 Å². The fourth-order valence-electron chi connectivity index (χ4n) is 0.761. The van der Waals surface area contributed by atoms with Crippen LogP contribution in [0.3, 0.4) is 0 Å². The molecule has 6 heavy (non-hydrogen) atoms. The summed E-state index contributed by atoms with van der Waals surface area (Å²) < 4.78 is 5.01. The Hall–Kier alpha value is -0.0800. The molecular formula is C4H7NO. The smallest absolute Gasteiger partial charge is 0.136 e. The van der Waals surface area contributed by atoms with Crippen molar-refractivity contribution in [3.05, 3.63) is 0 Å². The molecule has 1 heterocycles. The van der Waals surface area contributed by atoms with Crippen LogP contribution in [0, 0.1) is 0 Å². The minimum Gasteiger partial charge on any atom is -0.362 e. The highest BCUT2D eigenvalue weighted by atomic mass is 16.5. The van der Waals surface area contributed by atoms with E-state index in [1.165, 1.54) is 6.42 Å². The molecule has 1 saturated carbocycles. The van der Waals surface area contributed by atoms with Crippen LogP contribution in [0.2, 0.25) is 0 Å². The lowest BCUT2D eigenvalue weighted by molar-refractivity contribution is 0.119. The van der Waals surface area contributed by atoms with Crippen molar-refractivity contribution in [2.24, 2.45) is 0 Å². The van der Waals surface area contributed by atoms with Crippen molar-refractivity contribution < 1.29 is 4.74 Å². The van der Waals surface area contributed by atoms with E-state index in [1.807, 2.05) is 0 Å². The third-order valence-corrected chi connectivity index (χ3v) is 1.61. The molecule has 2 aliphatic rings. The molecule has 2 unspecified atom stereocenters. The first-order valence-electron chi connectivity index (χ1n) is 2.20. The molecule has 0 aromatic rings. The van der Waals surface area contributed by atoms with Crippen molar-refractivity contribution in [2.45, 2.75) is 18.2 Å². The van der Waals surface area contributed by atoms with Gasteiger partial charge in [0, 0.05) is 13.5 Å². The van der Waals surface area contributed by atoms with Crippen LogP contribution in [0.4, 0.5) is 0 Å². The molecule has 0 amide bonds. The second-order valence-electron chi connectivity index (χ2n) is 1.99. The Morgan fingerprint density at radius 1 is 2.00 bits per heavy atom. The van der Waals surface area contributed by atoms with Crippen molar-refractivity contribution in [2.75, 3.05) is 7.11 Å². The normalized spacial score (nSPS) is 60.5. The molecule has 1 saturated heterocycles. The first-order valence-corrected chi connectivity index (χ1v) is 2.20. The highest BCUT2D eigenvalue weighted by Gasteiger charge is 2.71. The molecule has 0 aromatic carbocycles. The van der Waals surface area contributed by atoms with Gasteiger partial charge < -0.3 is 4.74 Å². The van der Waals surface area contributed by atoms with E-state index in [0.29, 0.717) is 0 Å². The maximum atomic E-state index is 5.01. The minimum atomic E-state index is 0.208. The maximum absolute atomic E-state index is 5.01. The summed E-state index contributed by atoms with van der Waals surface area (Å²) in [6, 6.07) is 0.738. The standard InChI is InChI=1S/C4H7NO/c1-6-4-2-3(4)5-4/h3,5H,2H2,1H3. The number of methoxy groups -OCH3 is 1. The molecule has 34 valence electrons. The van der Waals surface area contributed by atoms with Gasteiger partial charge in [-0.2, -0.15) is 0 Å². The van der Waals surface area contributed by atoms with Gasteiger partial charge in [0.1, 0.15) is 5.72 Å². The van der Waals surface area contributed by atoms with Crippen molar-refractivity contribution in [3.8, 4) is 0 Å². The molecule has 0 radical (unpaired) electrons. The van der Waals surface area contributed by atoms with Crippen molar-refractivity contribution in [3.63, 3.8) is 0 Å². The molecule has 0 bridgehead atoms. The van der Waals surface area contributed by atoms with Crippen LogP contribution in [0.25, 0.3) is 0 Å². The molecular weight excluding hydrogens is 78.0 g/mol. The van der Waals surface area contributed by atoms with Gasteiger partial charge in [-0.05, 0) is 0 Å². The highest BCUT2D eigenvalue weighted by Crippen LogP contribution is 2.51. The van der Waals surface area contributed by atoms with Crippen molar-refractivity contribution in [1.29, 1.82) is 0 Å². The fourth-order valence-corrected chi connectivity index (χ4v) is 0.761. The fraction of sp³-hybridized carbons (Fsp3) is 1.00. The van der Waals surface area contributed by atoms with E-state index in [1.54, 1.807) is 7.11 Å². The lowest BCUT2D eigenvalue weighted by atomic mass is 10.7. The van der Waals surface area contributed by atoms with Crippen LogP contribution in [0.1, 0.15) is 6.42 Å². The maximum Gasteiger partial charge on any atom is 0.136 e. The van der Waals surface area contributed by atoms with Crippen LogP contribution in [0.15, 0.2) is 0 Å². The van der Waals surface area contributed by atoms with E-state index < -0.39 is 0 Å². The molecule has 1 N–H and O–H groups in total. The van der Waals surface area contributed by atoms with Gasteiger partial charge in [0.25, 0.3) is 0 Å². The van der Waals surface area contributed by atoms with Crippen LogP contribution in [0.5, 0.6) is 0 Å². The summed E-state index contributed by atoms with van der Waals surface area (Å²) >= 11 is 0. The van der Waals surface area contributed by atoms with Crippen LogP contribution in [-0.4, -0.2) is 18.9 Å². The minimum absolute atomic E-state index is 0.208. The second kappa shape index (κ2) is 0.532. The van der Waals surface area contributed by atoms with E-state index in [4.69, 9.17) is 4.74 Å². The third kappa shape index (κ3) is 0.150. The summed E-state index contributed by atoms with van der Waals surface area (Å²) in [5.41, 5.74) is 0.208. The predicted octanol–water partition coefficient (Wildman–Crippen LogP) is -0.295. The second-order valence-corrected chi connectivity index (χ2v) is 1.99. The van der Waals surface area contributed by atoms with Gasteiger partial charge in [0.05, 0.1) is 6.04 Å². The topological polar surface area (TPSA) is 31.2 Å². The Bertz CT molecular complexity index is 85.5. The monoisotopic (exact) mass is 85.1 g/mol. The van der Waals surface area contributed by atoms with E-state index in [9.17, 15) is 0 Å². The van der Waals surface area contributed by atoms with Gasteiger partial charge in [0.15, 0.2) is 0 Å². The zero-order valence-corrected chi connectivity index (χ0v) is 3.69. The summed E-state index contributed by atoms with van der Waals surface area (Å²) in [6.07, 6.45) is 1.24. The number of fused-ring (bicyclic) bond motifs is 1. The Morgan fingerprint density at radius 2 is 2.50 bits per heavy atom. The summed E-state index contributed by atoms with van der Waals surface area (Å²) in [5, 5.41) is 3.14. The van der Waals surface area contributed by atoms with Crippen LogP contribution < -0.4 is 5.32 Å². The molecule has 0 aromatic heterocycles. The van der Waals surface area contributed by atoms with Gasteiger partial charge in [0.2, 0.25) is 0 Å². The van der Waals surface area contributed by atoms with Gasteiger partial charge in [-0.25, -0.2) is 0 Å². The lowest BCUT2D eigenvalue weighted by Crippen LogP contribution is -2.09. The van der Waals surface area contributed by atoms with E-state index >= 15 is 0 Å². The molecule has 2 nitrogen and oxygen atoms in total. The Morgan fingerprint density at radius 3 is 2.50 bits per heavy atom. The summed E-state index contributed by atoms with van der Waals surface area (Å²) in [6.45, 7) is 0. The highest BCUT2D eigenvalue weighted by molar-refractivity contribution is 5.25. The molecule has 1 aliphatic carbocycles. The number of hydrogen-bond acceptors (Lipinski definition) is 2. The molecule has 0 spiro atoms. The van der Waals surface area contributed by atoms with Crippen molar-refractivity contribution >= 4 is 0 Å². The van der Waals surface area contributed by atoms with E-state index in [0.717, 1.165) is 6.04 Å². The zero-order chi connectivity index (χ0) is 4.20. The van der Waals surface area contributed by atoms with Gasteiger partial charge in [-0.1, -0.05) is 0 Å². The average molecular weight is 85.1 g/mol. The molecule has 2 heteroatoms. The summed E-state index contributed by atoms with van der Waals surface area (Å²) in [5.74, 6) is 0. The molecule has 2 fully saturated rings. The number of nitrogens with one attached hydrogen (secondary N) is 1. The van der Waals surface area contributed by atoms with Crippen molar-refractivity contribution in [1.82, 2.24) is 5.32 Å². The molecule has 1 aliphatic heterocycles. The molecule has 2 atom stereocenters. The summed E-state index contributed by atoms with van der Waals surface area (Å²) in [7, 11) is 1.75. The van der Waals surface area contributed by atoms with Gasteiger partial charge in [-0.3, -0.25) is 5.32 Å². The number of hydrogen-bond donors (Lipinski definition) is 1. The quantitative estimate of drug-likeness (QED) is 0.443. The SMILES string of the molecule is COC12CC1N2. The summed E-state index contributed by atoms with van der Waals surface area (Å²) in [4.78, 5) is 0. The van der Waals surface area contributed by atoms with Crippen LogP contribution in [-0.2, 0) is 4.74 Å². The first kappa shape index (κ1) is 2.99. The predicted molar refractivity (Wildman–Crippen MR) is 21.3 cm³/mol. The van der Waals surface area contributed by atoms with Crippen LogP contribution >= 0.6 is 0 Å². The first-order chi connectivity index (χ1) is 2.87. The van der Waals surface area contributed by atoms with E-state index in [-0.39, 0.29) is 5.72 Å². The average Bonchev–Trinajstić information content (AvgIpc) is 2.12. The molecule has 2 rings (SSSR count). The zero-order valence-electron chi connectivity index (χ0n) is 3.69. The van der Waals surface area contributed by atoms with Gasteiger partial charge >= 0.3 is 0 Å². The largest absolute Gasteiger partial charge is 0.362 e. The number of rotatable bonds is 1.